The highest BCUT2D eigenvalue weighted by Gasteiger charge is 2.55. The molecule has 4 unspecified atom stereocenters. The van der Waals surface area contributed by atoms with Crippen LogP contribution in [-0.4, -0.2) is 139 Å². The Labute approximate surface area is 550 Å². The molecule has 17 atom stereocenters. The molecule has 1 aromatic rings. The first-order valence-electron chi connectivity index (χ1n) is 30.1. The van der Waals surface area contributed by atoms with E-state index in [2.05, 4.69) is 90.2 Å². The van der Waals surface area contributed by atoms with Crippen molar-refractivity contribution in [3.8, 4) is 0 Å². The Hall–Kier alpha value is -1.26. The van der Waals surface area contributed by atoms with Gasteiger partial charge in [-0.2, -0.15) is 31.5 Å². The molecule has 0 bridgehead atoms. The molecule has 0 aromatic heterocycles. The maximum atomic E-state index is 13.5. The molecule has 16 nitrogen and oxygen atoms in total. The number of carbonyl (C=O) groups is 2. The molecule has 3 N–H and O–H groups in total. The molecule has 0 radical (unpaired) electrons. The Morgan fingerprint density at radius 1 is 0.724 bits per heavy atom. The van der Waals surface area contributed by atoms with Crippen LogP contribution in [0.1, 0.15) is 180 Å². The minimum atomic E-state index is -5.74. The molecule has 0 saturated carbocycles. The number of allylic oxidation sites excluding steroid dienone is 1. The van der Waals surface area contributed by atoms with Crippen molar-refractivity contribution in [1.82, 2.24) is 0 Å². The summed E-state index contributed by atoms with van der Waals surface area (Å²) in [4.78, 5) is 24.3. The van der Waals surface area contributed by atoms with Crippen molar-refractivity contribution in [2.45, 2.75) is 256 Å². The van der Waals surface area contributed by atoms with E-state index in [-0.39, 0.29) is 119 Å². The molecule has 5 heterocycles. The lowest BCUT2D eigenvalue weighted by molar-refractivity contribution is -0.156. The molecular weight excluding hydrogens is 1420 g/mol. The fourth-order valence-electron chi connectivity index (χ4n) is 12.0. The van der Waals surface area contributed by atoms with E-state index in [0.717, 1.165) is 74.2 Å². The molecule has 24 heteroatoms. The Kier molecular flexibility index (Phi) is 32.7. The van der Waals surface area contributed by atoms with Crippen molar-refractivity contribution in [3.05, 3.63) is 54.8 Å². The number of hydrogen-bond donors (Lipinski definition) is 1. The molecular formula is C63H106F3I2O16PS2. The average molecular weight is 1530 g/mol. The summed E-state index contributed by atoms with van der Waals surface area (Å²) in [5.41, 5.74) is -6.66. The van der Waals surface area contributed by atoms with E-state index in [4.69, 9.17) is 33.2 Å². The molecule has 5 aliphatic heterocycles. The van der Waals surface area contributed by atoms with Crippen LogP contribution in [0.4, 0.5) is 13.2 Å². The SMILES string of the molecule is C.C=C(OS(=O)(=O)C(F)(F)F)C(C)CC1CC[C@@H]2O[C@@H](CCCOC(=O)C(C)(C)C)C[C@]2(CI)O1.C=C([C@H](C)CC1CC[C@@H]2O[C@@H](CCCOC(=O)C(C)(C)C)C[C@]2(CI)O1)[C@H](O)C[C@@H]1O[C@H](C[C@H](C)CC)[C@H](C)[C@H]1CS(=O)(=O)c1ccccc1.O.P. The predicted octanol–water partition coefficient (Wildman–Crippen LogP) is 13.3. The number of aliphatic hydroxyl groups excluding tert-OH is 1. The Morgan fingerprint density at radius 3 is 1.61 bits per heavy atom. The third-order valence-electron chi connectivity index (χ3n) is 17.6. The third-order valence-corrected chi connectivity index (χ3v) is 23.0. The Bertz CT molecular complexity index is 2550. The van der Waals surface area contributed by atoms with Gasteiger partial charge in [0.1, 0.15) is 17.0 Å². The van der Waals surface area contributed by atoms with Crippen LogP contribution in [0.15, 0.2) is 59.7 Å². The van der Waals surface area contributed by atoms with Gasteiger partial charge in [0.2, 0.25) is 0 Å². The van der Waals surface area contributed by atoms with E-state index >= 15 is 0 Å². The number of benzene rings is 1. The number of aliphatic hydroxyl groups is 1. The lowest BCUT2D eigenvalue weighted by Gasteiger charge is -2.42. The molecule has 0 aliphatic carbocycles. The second kappa shape index (κ2) is 34.8. The number of halogens is 5. The molecule has 1 aromatic carbocycles. The standard InChI is InChI=1S/C40H63IO8S.C22H34F3IO7S.CH4.H2O.H3P/c1-9-26(2)20-35-29(5)33(24-50(44,45)32-15-11-10-12-16-32)36(48-35)22-34(42)28(4)27(3)21-30-17-18-37-40(25-41,49-30)23-31(47-37)14-13-19-46-38(43)39(6,7)8;1-14(15(2)33-34(28,29)22(23,24)25)11-16-8-9-18-21(13-26,32-16)12-17(31-18)7-6-10-30-19(27)20(3,4)5;;;/h10-12,15-16,26-27,29-31,33-37,42H,4,9,13-14,17-25H2,1-3,5-8H3;14,16-18H,2,6-13H2,1,3-5H3;1H4;1H2;1H3/t26-,27-,29-,30?,31+,33-,34-,35-,36+,37+,40-;14?,16?,17-,18-,21+;;;/m10.../s1. The fourth-order valence-corrected chi connectivity index (χ4v) is 16.3. The zero-order valence-corrected chi connectivity index (χ0v) is 60.0. The number of esters is 2. The Morgan fingerprint density at radius 2 is 1.18 bits per heavy atom. The van der Waals surface area contributed by atoms with Gasteiger partial charge < -0.3 is 47.9 Å². The number of carbonyl (C=O) groups excluding carboxylic acids is 2. The highest BCUT2D eigenvalue weighted by molar-refractivity contribution is 14.1. The minimum Gasteiger partial charge on any atom is -0.465 e. The summed E-state index contributed by atoms with van der Waals surface area (Å²) in [6.07, 6.45) is 9.38. The van der Waals surface area contributed by atoms with Gasteiger partial charge in [-0.1, -0.05) is 125 Å². The first-order valence-corrected chi connectivity index (χ1v) is 36.2. The second-order valence-electron chi connectivity index (χ2n) is 26.6. The van der Waals surface area contributed by atoms with Crippen LogP contribution in [0.2, 0.25) is 0 Å². The first kappa shape index (κ1) is 81.8. The van der Waals surface area contributed by atoms with Gasteiger partial charge in [-0.05, 0) is 148 Å². The van der Waals surface area contributed by atoms with Crippen LogP contribution in [-0.2, 0) is 66.9 Å². The zero-order valence-electron chi connectivity index (χ0n) is 52.6. The molecule has 6 rings (SSSR count). The summed E-state index contributed by atoms with van der Waals surface area (Å²) in [6, 6.07) is 8.64. The van der Waals surface area contributed by atoms with Crippen LogP contribution < -0.4 is 0 Å². The first-order chi connectivity index (χ1) is 39.0. The molecule has 5 fully saturated rings. The average Bonchev–Trinajstić information content (AvgIpc) is 1.74. The van der Waals surface area contributed by atoms with Crippen molar-refractivity contribution in [3.63, 3.8) is 0 Å². The van der Waals surface area contributed by atoms with Gasteiger partial charge >= 0.3 is 27.6 Å². The predicted molar refractivity (Wildman–Crippen MR) is 355 cm³/mol. The maximum absolute atomic E-state index is 13.5. The van der Waals surface area contributed by atoms with Gasteiger partial charge in [0.25, 0.3) is 0 Å². The quantitative estimate of drug-likeness (QED) is 0.00994. The van der Waals surface area contributed by atoms with Gasteiger partial charge in [-0.3, -0.25) is 9.59 Å². The van der Waals surface area contributed by atoms with Gasteiger partial charge in [0.15, 0.2) is 9.84 Å². The van der Waals surface area contributed by atoms with E-state index < -0.39 is 59.7 Å². The van der Waals surface area contributed by atoms with E-state index in [9.17, 15) is 44.7 Å². The highest BCUT2D eigenvalue weighted by Crippen LogP contribution is 2.48. The number of fused-ring (bicyclic) bond motifs is 2. The van der Waals surface area contributed by atoms with Crippen LogP contribution in [0.5, 0.6) is 0 Å². The van der Waals surface area contributed by atoms with Gasteiger partial charge in [-0.15, -0.1) is 0 Å². The van der Waals surface area contributed by atoms with Crippen molar-refractivity contribution in [1.29, 1.82) is 0 Å². The van der Waals surface area contributed by atoms with Crippen molar-refractivity contribution in [2.75, 3.05) is 27.8 Å². The summed E-state index contributed by atoms with van der Waals surface area (Å²) in [5, 5.41) is 11.6. The summed E-state index contributed by atoms with van der Waals surface area (Å²) >= 11 is 4.67. The van der Waals surface area contributed by atoms with E-state index in [1.165, 1.54) is 0 Å². The molecule has 0 amide bonds. The minimum absolute atomic E-state index is 0. The van der Waals surface area contributed by atoms with Gasteiger partial charge in [0.05, 0.1) is 89.6 Å². The number of hydrogen-bond acceptors (Lipinski definition) is 15. The lowest BCUT2D eigenvalue weighted by Crippen LogP contribution is -2.50. The maximum Gasteiger partial charge on any atom is 0.534 e. The summed E-state index contributed by atoms with van der Waals surface area (Å²) < 4.78 is 136. The van der Waals surface area contributed by atoms with E-state index in [1.54, 1.807) is 52.0 Å². The highest BCUT2D eigenvalue weighted by atomic mass is 127. The van der Waals surface area contributed by atoms with Gasteiger partial charge in [-0.25, -0.2) is 8.42 Å². The second-order valence-corrected chi connectivity index (χ2v) is 31.7. The van der Waals surface area contributed by atoms with Crippen LogP contribution >= 0.6 is 55.1 Å². The van der Waals surface area contributed by atoms with Crippen molar-refractivity contribution < 1.29 is 87.5 Å². The van der Waals surface area contributed by atoms with Crippen LogP contribution in [0.3, 0.4) is 0 Å². The van der Waals surface area contributed by atoms with Crippen molar-refractivity contribution in [2.24, 2.45) is 40.4 Å². The van der Waals surface area contributed by atoms with E-state index in [0.29, 0.717) is 54.1 Å². The fraction of sp³-hybridized carbons (Fsp3) is 0.810. The molecule has 5 aliphatic rings. The molecule has 5 saturated heterocycles. The monoisotopic (exact) mass is 1520 g/mol. The molecule has 506 valence electrons. The molecule has 87 heavy (non-hydrogen) atoms. The largest absolute Gasteiger partial charge is 0.534 e. The smallest absolute Gasteiger partial charge is 0.465 e. The normalized spacial score (nSPS) is 29.6. The van der Waals surface area contributed by atoms with E-state index in [1.807, 2.05) is 26.8 Å². The summed E-state index contributed by atoms with van der Waals surface area (Å²) in [6.45, 7) is 29.6. The zero-order chi connectivity index (χ0) is 62.8. The summed E-state index contributed by atoms with van der Waals surface area (Å²) in [7, 11) is -9.26. The van der Waals surface area contributed by atoms with Crippen LogP contribution in [0.25, 0.3) is 0 Å². The third kappa shape index (κ3) is 22.7. The number of alkyl halides is 5. The Balaban J connectivity index is 0.000000614. The number of rotatable bonds is 27. The van der Waals surface area contributed by atoms with Crippen LogP contribution in [0, 0.1) is 40.4 Å². The topological polar surface area (TPSA) is 228 Å². The summed E-state index contributed by atoms with van der Waals surface area (Å²) in [5.74, 6) is -1.24. The molecule has 0 spiro atoms. The lowest BCUT2D eigenvalue weighted by atomic mass is 9.82. The number of ether oxygens (including phenoxy) is 7. The van der Waals surface area contributed by atoms with Crippen molar-refractivity contribution >= 4 is 87.0 Å². The number of sulfone groups is 1. The van der Waals surface area contributed by atoms with Gasteiger partial charge in [0, 0.05) is 40.0 Å².